The molecule has 1 N–H and O–H groups in total. The summed E-state index contributed by atoms with van der Waals surface area (Å²) in [6, 6.07) is 6.19. The Bertz CT molecular complexity index is 406. The van der Waals surface area contributed by atoms with Crippen molar-refractivity contribution in [1.29, 1.82) is 0 Å². The van der Waals surface area contributed by atoms with Crippen molar-refractivity contribution < 1.29 is 14.6 Å². The van der Waals surface area contributed by atoms with E-state index in [1.165, 1.54) is 0 Å². The van der Waals surface area contributed by atoms with Crippen LogP contribution in [0.1, 0.15) is 25.5 Å². The van der Waals surface area contributed by atoms with Gasteiger partial charge in [-0.3, -0.25) is 0 Å². The minimum absolute atomic E-state index is 0.309. The van der Waals surface area contributed by atoms with Crippen LogP contribution in [-0.2, 0) is 4.74 Å². The molecule has 0 amide bonds. The zero-order valence-electron chi connectivity index (χ0n) is 11.2. The molecular formula is C14H21NO3. The molecule has 4 heteroatoms. The summed E-state index contributed by atoms with van der Waals surface area (Å²) < 4.78 is 10.8. The van der Waals surface area contributed by atoms with Crippen LogP contribution in [-0.4, -0.2) is 38.0 Å². The van der Waals surface area contributed by atoms with Gasteiger partial charge in [0.25, 0.3) is 0 Å². The molecule has 18 heavy (non-hydrogen) atoms. The van der Waals surface area contributed by atoms with Crippen LogP contribution in [0.3, 0.4) is 0 Å². The lowest BCUT2D eigenvalue weighted by Crippen LogP contribution is -2.44. The fourth-order valence-corrected chi connectivity index (χ4v) is 2.47. The van der Waals surface area contributed by atoms with E-state index in [4.69, 9.17) is 9.47 Å². The van der Waals surface area contributed by atoms with Crippen molar-refractivity contribution in [2.45, 2.75) is 26.0 Å². The van der Waals surface area contributed by atoms with Crippen molar-refractivity contribution in [2.24, 2.45) is 0 Å². The van der Waals surface area contributed by atoms with Crippen molar-refractivity contribution in [3.63, 3.8) is 0 Å². The molecule has 1 aliphatic heterocycles. The van der Waals surface area contributed by atoms with Gasteiger partial charge >= 0.3 is 0 Å². The highest BCUT2D eigenvalue weighted by molar-refractivity contribution is 5.61. The molecule has 0 saturated carbocycles. The first kappa shape index (κ1) is 13.2. The van der Waals surface area contributed by atoms with Gasteiger partial charge in [0, 0.05) is 23.8 Å². The first-order valence-corrected chi connectivity index (χ1v) is 6.34. The fourth-order valence-electron chi connectivity index (χ4n) is 2.47. The minimum Gasteiger partial charge on any atom is -0.496 e. The van der Waals surface area contributed by atoms with E-state index in [-0.39, 0.29) is 0 Å². The summed E-state index contributed by atoms with van der Waals surface area (Å²) in [6.45, 7) is 6.18. The molecule has 4 nitrogen and oxygen atoms in total. The van der Waals surface area contributed by atoms with Gasteiger partial charge in [0.2, 0.25) is 0 Å². The van der Waals surface area contributed by atoms with Crippen LogP contribution in [0.4, 0.5) is 5.69 Å². The second kappa shape index (κ2) is 5.59. The van der Waals surface area contributed by atoms with Gasteiger partial charge in [0.15, 0.2) is 0 Å². The van der Waals surface area contributed by atoms with Crippen LogP contribution < -0.4 is 9.64 Å². The number of aliphatic hydroxyl groups excluding tert-OH is 1. The first-order chi connectivity index (χ1) is 8.65. The third-order valence-electron chi connectivity index (χ3n) is 3.36. The third-order valence-corrected chi connectivity index (χ3v) is 3.36. The lowest BCUT2D eigenvalue weighted by molar-refractivity contribution is 0.0983. The van der Waals surface area contributed by atoms with Crippen molar-refractivity contribution in [3.8, 4) is 5.75 Å². The van der Waals surface area contributed by atoms with E-state index < -0.39 is 6.10 Å². The first-order valence-electron chi connectivity index (χ1n) is 6.34. The number of hydrogen-bond acceptors (Lipinski definition) is 4. The molecule has 100 valence electrons. The van der Waals surface area contributed by atoms with Gasteiger partial charge in [-0.15, -0.1) is 0 Å². The highest BCUT2D eigenvalue weighted by Crippen LogP contribution is 2.35. The van der Waals surface area contributed by atoms with E-state index in [1.54, 1.807) is 14.0 Å². The molecule has 1 fully saturated rings. The van der Waals surface area contributed by atoms with Gasteiger partial charge in [0.1, 0.15) is 5.75 Å². The largest absolute Gasteiger partial charge is 0.496 e. The summed E-state index contributed by atoms with van der Waals surface area (Å²) in [4.78, 5) is 2.27. The smallest absolute Gasteiger partial charge is 0.126 e. The standard InChI is InChI=1S/C14H21NO3/c1-10-9-18-8-7-15(10)12-5-4-6-13(17-3)14(12)11(2)16/h4-6,10-11,16H,7-9H2,1-3H3/t10?,11-/m1/s1. The minimum atomic E-state index is -0.550. The van der Waals surface area contributed by atoms with Gasteiger partial charge in [0.05, 0.1) is 26.4 Å². The number of morpholine rings is 1. The Morgan fingerprint density at radius 3 is 2.89 bits per heavy atom. The maximum atomic E-state index is 10.00. The number of benzene rings is 1. The van der Waals surface area contributed by atoms with Crippen LogP contribution in [0.25, 0.3) is 0 Å². The molecule has 1 unspecified atom stereocenters. The molecule has 1 aliphatic rings. The molecule has 0 aromatic heterocycles. The van der Waals surface area contributed by atoms with Crippen molar-refractivity contribution in [3.05, 3.63) is 23.8 Å². The number of ether oxygens (including phenoxy) is 2. The second-order valence-electron chi connectivity index (χ2n) is 4.69. The highest BCUT2D eigenvalue weighted by Gasteiger charge is 2.24. The Labute approximate surface area is 108 Å². The third kappa shape index (κ3) is 2.44. The molecule has 0 radical (unpaired) electrons. The topological polar surface area (TPSA) is 41.9 Å². The monoisotopic (exact) mass is 251 g/mol. The number of nitrogens with zero attached hydrogens (tertiary/aromatic N) is 1. The second-order valence-corrected chi connectivity index (χ2v) is 4.69. The summed E-state index contributed by atoms with van der Waals surface area (Å²) in [5.74, 6) is 0.737. The normalized spacial score (nSPS) is 21.8. The number of anilines is 1. The SMILES string of the molecule is COc1cccc(N2CCOCC2C)c1[C@@H](C)O. The zero-order valence-corrected chi connectivity index (χ0v) is 11.2. The number of rotatable bonds is 3. The molecule has 1 heterocycles. The van der Waals surface area contributed by atoms with Crippen molar-refractivity contribution in [1.82, 2.24) is 0 Å². The maximum absolute atomic E-state index is 10.00. The molecular weight excluding hydrogens is 230 g/mol. The van der Waals surface area contributed by atoms with Gasteiger partial charge in [-0.25, -0.2) is 0 Å². The average Bonchev–Trinajstić information content (AvgIpc) is 2.38. The van der Waals surface area contributed by atoms with E-state index in [9.17, 15) is 5.11 Å². The molecule has 1 aromatic rings. The van der Waals surface area contributed by atoms with Crippen molar-refractivity contribution >= 4 is 5.69 Å². The fraction of sp³-hybridized carbons (Fsp3) is 0.571. The van der Waals surface area contributed by atoms with Gasteiger partial charge in [-0.2, -0.15) is 0 Å². The average molecular weight is 251 g/mol. The molecule has 2 rings (SSSR count). The lowest BCUT2D eigenvalue weighted by atomic mass is 10.0. The van der Waals surface area contributed by atoms with E-state index >= 15 is 0 Å². The van der Waals surface area contributed by atoms with Gasteiger partial charge in [-0.05, 0) is 26.0 Å². The van der Waals surface area contributed by atoms with Gasteiger partial charge < -0.3 is 19.5 Å². The summed E-state index contributed by atoms with van der Waals surface area (Å²) in [5, 5.41) is 10.00. The lowest BCUT2D eigenvalue weighted by Gasteiger charge is -2.37. The van der Waals surface area contributed by atoms with Crippen LogP contribution in [0.5, 0.6) is 5.75 Å². The van der Waals surface area contributed by atoms with Crippen LogP contribution in [0, 0.1) is 0 Å². The number of methoxy groups -OCH3 is 1. The van der Waals surface area contributed by atoms with Crippen LogP contribution in [0.2, 0.25) is 0 Å². The predicted molar refractivity (Wildman–Crippen MR) is 71.3 cm³/mol. The molecule has 0 aliphatic carbocycles. The Balaban J connectivity index is 2.42. The zero-order chi connectivity index (χ0) is 13.1. The molecule has 0 spiro atoms. The molecule has 1 saturated heterocycles. The quantitative estimate of drug-likeness (QED) is 0.892. The summed E-state index contributed by atoms with van der Waals surface area (Å²) in [7, 11) is 1.63. The van der Waals surface area contributed by atoms with E-state index in [0.29, 0.717) is 6.04 Å². The van der Waals surface area contributed by atoms with Crippen LogP contribution >= 0.6 is 0 Å². The van der Waals surface area contributed by atoms with Crippen LogP contribution in [0.15, 0.2) is 18.2 Å². The molecule has 2 atom stereocenters. The Morgan fingerprint density at radius 1 is 1.50 bits per heavy atom. The molecule has 1 aromatic carbocycles. The van der Waals surface area contributed by atoms with Gasteiger partial charge in [-0.1, -0.05) is 6.07 Å². The Kier molecular flexibility index (Phi) is 4.09. The number of hydrogen-bond donors (Lipinski definition) is 1. The summed E-state index contributed by atoms with van der Waals surface area (Å²) >= 11 is 0. The Morgan fingerprint density at radius 2 is 2.28 bits per heavy atom. The predicted octanol–water partition coefficient (Wildman–Crippen LogP) is 1.97. The molecule has 0 bridgehead atoms. The summed E-state index contributed by atoms with van der Waals surface area (Å²) in [5.41, 5.74) is 1.90. The van der Waals surface area contributed by atoms with Crippen molar-refractivity contribution in [2.75, 3.05) is 31.8 Å². The highest BCUT2D eigenvalue weighted by atomic mass is 16.5. The number of aliphatic hydroxyl groups is 1. The Hall–Kier alpha value is -1.26. The summed E-state index contributed by atoms with van der Waals surface area (Å²) in [6.07, 6.45) is -0.550. The van der Waals surface area contributed by atoms with E-state index in [2.05, 4.69) is 11.8 Å². The van der Waals surface area contributed by atoms with E-state index in [1.807, 2.05) is 18.2 Å². The van der Waals surface area contributed by atoms with E-state index in [0.717, 1.165) is 36.8 Å². The maximum Gasteiger partial charge on any atom is 0.126 e.